The zero-order valence-corrected chi connectivity index (χ0v) is 16.6. The van der Waals surface area contributed by atoms with Crippen molar-refractivity contribution in [3.05, 3.63) is 56.2 Å². The monoisotopic (exact) mass is 385 g/mol. The van der Waals surface area contributed by atoms with Crippen molar-refractivity contribution in [1.29, 1.82) is 0 Å². The molecule has 0 saturated carbocycles. The Morgan fingerprint density at radius 3 is 2.39 bits per heavy atom. The van der Waals surface area contributed by atoms with Crippen LogP contribution >= 0.6 is 0 Å². The molecule has 8 nitrogen and oxygen atoms in total. The Morgan fingerprint density at radius 1 is 1.07 bits per heavy atom. The van der Waals surface area contributed by atoms with Gasteiger partial charge < -0.3 is 10.4 Å². The van der Waals surface area contributed by atoms with Gasteiger partial charge in [0.2, 0.25) is 5.95 Å². The van der Waals surface area contributed by atoms with Gasteiger partial charge >= 0.3 is 5.69 Å². The predicted molar refractivity (Wildman–Crippen MR) is 110 cm³/mol. The van der Waals surface area contributed by atoms with E-state index in [1.165, 1.54) is 17.2 Å². The molecule has 0 radical (unpaired) electrons. The number of hydrogen-bond donors (Lipinski definition) is 2. The lowest BCUT2D eigenvalue weighted by Crippen LogP contribution is -2.37. The highest BCUT2D eigenvalue weighted by Gasteiger charge is 2.19. The lowest BCUT2D eigenvalue weighted by Gasteiger charge is -2.11. The van der Waals surface area contributed by atoms with Gasteiger partial charge in [-0.05, 0) is 24.0 Å². The number of aliphatic hydroxyl groups excluding tert-OH is 1. The zero-order valence-electron chi connectivity index (χ0n) is 16.6. The summed E-state index contributed by atoms with van der Waals surface area (Å²) in [6.45, 7) is 2.85. The molecule has 2 aromatic heterocycles. The van der Waals surface area contributed by atoms with E-state index in [4.69, 9.17) is 5.11 Å². The van der Waals surface area contributed by atoms with E-state index < -0.39 is 5.69 Å². The highest BCUT2D eigenvalue weighted by atomic mass is 16.3. The molecule has 0 fully saturated rings. The van der Waals surface area contributed by atoms with Crippen molar-refractivity contribution >= 4 is 17.1 Å². The van der Waals surface area contributed by atoms with Crippen molar-refractivity contribution in [3.8, 4) is 0 Å². The van der Waals surface area contributed by atoms with Crippen LogP contribution in [-0.4, -0.2) is 36.9 Å². The first-order valence-corrected chi connectivity index (χ1v) is 9.56. The predicted octanol–water partition coefficient (Wildman–Crippen LogP) is 1.23. The molecule has 2 heterocycles. The maximum absolute atomic E-state index is 12.8. The molecule has 3 aromatic rings. The number of anilines is 1. The first-order chi connectivity index (χ1) is 13.5. The van der Waals surface area contributed by atoms with Gasteiger partial charge in [0, 0.05) is 20.6 Å². The number of benzene rings is 1. The Kier molecular flexibility index (Phi) is 5.99. The van der Waals surface area contributed by atoms with Crippen LogP contribution in [-0.2, 0) is 27.1 Å². The third-order valence-corrected chi connectivity index (χ3v) is 4.93. The molecule has 0 aliphatic carbocycles. The van der Waals surface area contributed by atoms with Crippen molar-refractivity contribution in [1.82, 2.24) is 18.7 Å². The van der Waals surface area contributed by atoms with Crippen LogP contribution in [0.5, 0.6) is 0 Å². The topological polar surface area (TPSA) is 94.1 Å². The lowest BCUT2D eigenvalue weighted by molar-refractivity contribution is 0.310. The Balaban J connectivity index is 2.07. The number of imidazole rings is 1. The quantitative estimate of drug-likeness (QED) is 0.608. The number of aryl methyl sites for hydroxylation is 2. The Morgan fingerprint density at radius 2 is 1.75 bits per heavy atom. The minimum atomic E-state index is -0.420. The molecule has 3 rings (SSSR count). The van der Waals surface area contributed by atoms with Crippen LogP contribution in [0.2, 0.25) is 0 Å². The first-order valence-electron chi connectivity index (χ1n) is 9.56. The average molecular weight is 385 g/mol. The highest BCUT2D eigenvalue weighted by molar-refractivity contribution is 5.74. The minimum Gasteiger partial charge on any atom is -0.395 e. The van der Waals surface area contributed by atoms with E-state index in [1.807, 2.05) is 0 Å². The smallest absolute Gasteiger partial charge is 0.332 e. The van der Waals surface area contributed by atoms with E-state index >= 15 is 0 Å². The van der Waals surface area contributed by atoms with Gasteiger partial charge in [-0.25, -0.2) is 4.79 Å². The molecular formula is C20H27N5O3. The second-order valence-electron chi connectivity index (χ2n) is 6.97. The molecule has 0 unspecified atom stereocenters. The van der Waals surface area contributed by atoms with Crippen molar-refractivity contribution < 1.29 is 5.11 Å². The second kappa shape index (κ2) is 8.43. The van der Waals surface area contributed by atoms with Gasteiger partial charge in [-0.3, -0.25) is 18.5 Å². The molecule has 0 aliphatic heterocycles. The van der Waals surface area contributed by atoms with E-state index in [1.54, 1.807) is 11.6 Å². The van der Waals surface area contributed by atoms with Gasteiger partial charge in [0.25, 0.3) is 5.56 Å². The van der Waals surface area contributed by atoms with Crippen molar-refractivity contribution in [2.45, 2.75) is 32.7 Å². The summed E-state index contributed by atoms with van der Waals surface area (Å²) >= 11 is 0. The zero-order chi connectivity index (χ0) is 20.3. The largest absolute Gasteiger partial charge is 0.395 e. The molecule has 28 heavy (non-hydrogen) atoms. The SMILES string of the molecule is CCCCc1ccc(Cn2c(NCCO)nc3c2c(=O)n(C)c(=O)n3C)cc1. The molecule has 0 bridgehead atoms. The fourth-order valence-electron chi connectivity index (χ4n) is 3.28. The number of aliphatic hydroxyl groups is 1. The molecule has 0 spiro atoms. The summed E-state index contributed by atoms with van der Waals surface area (Å²) in [4.78, 5) is 29.5. The fraction of sp³-hybridized carbons (Fsp3) is 0.450. The van der Waals surface area contributed by atoms with Crippen LogP contribution < -0.4 is 16.6 Å². The summed E-state index contributed by atoms with van der Waals surface area (Å²) in [5, 5.41) is 12.2. The standard InChI is InChI=1S/C20H27N5O3/c1-4-5-6-14-7-9-15(10-8-14)13-25-16-17(22-19(25)21-11-12-26)23(2)20(28)24(3)18(16)27/h7-10,26H,4-6,11-13H2,1-3H3,(H,21,22). The fourth-order valence-corrected chi connectivity index (χ4v) is 3.28. The lowest BCUT2D eigenvalue weighted by atomic mass is 10.1. The van der Waals surface area contributed by atoms with Gasteiger partial charge in [0.1, 0.15) is 0 Å². The van der Waals surface area contributed by atoms with E-state index in [0.29, 0.717) is 30.2 Å². The Bertz CT molecular complexity index is 1080. The maximum atomic E-state index is 12.8. The van der Waals surface area contributed by atoms with Crippen molar-refractivity contribution in [2.75, 3.05) is 18.5 Å². The van der Waals surface area contributed by atoms with Crippen LogP contribution in [0.4, 0.5) is 5.95 Å². The summed E-state index contributed by atoms with van der Waals surface area (Å²) in [5.41, 5.74) is 2.20. The summed E-state index contributed by atoms with van der Waals surface area (Å²) in [7, 11) is 3.06. The summed E-state index contributed by atoms with van der Waals surface area (Å²) in [6, 6.07) is 8.33. The minimum absolute atomic E-state index is 0.0632. The third-order valence-electron chi connectivity index (χ3n) is 4.93. The molecule has 1 aromatic carbocycles. The number of hydrogen-bond acceptors (Lipinski definition) is 5. The summed E-state index contributed by atoms with van der Waals surface area (Å²) in [6.07, 6.45) is 3.37. The number of rotatable bonds is 8. The van der Waals surface area contributed by atoms with Crippen LogP contribution in [0, 0.1) is 0 Å². The van der Waals surface area contributed by atoms with Crippen LogP contribution in [0.3, 0.4) is 0 Å². The van der Waals surface area contributed by atoms with E-state index in [-0.39, 0.29) is 12.2 Å². The maximum Gasteiger partial charge on any atom is 0.332 e. The molecule has 0 saturated heterocycles. The van der Waals surface area contributed by atoms with Crippen LogP contribution in [0.1, 0.15) is 30.9 Å². The number of nitrogens with zero attached hydrogens (tertiary/aromatic N) is 4. The molecule has 0 aliphatic rings. The second-order valence-corrected chi connectivity index (χ2v) is 6.97. The normalized spacial score (nSPS) is 11.3. The number of aromatic nitrogens is 4. The highest BCUT2D eigenvalue weighted by Crippen LogP contribution is 2.18. The average Bonchev–Trinajstić information content (AvgIpc) is 3.06. The molecule has 150 valence electrons. The van der Waals surface area contributed by atoms with Crippen LogP contribution in [0.25, 0.3) is 11.2 Å². The van der Waals surface area contributed by atoms with Crippen molar-refractivity contribution in [2.24, 2.45) is 14.1 Å². The summed E-state index contributed by atoms with van der Waals surface area (Å²) in [5.74, 6) is 0.456. The van der Waals surface area contributed by atoms with Crippen LogP contribution in [0.15, 0.2) is 33.9 Å². The van der Waals surface area contributed by atoms with E-state index in [9.17, 15) is 9.59 Å². The molecule has 2 N–H and O–H groups in total. The Hall–Kier alpha value is -2.87. The van der Waals surface area contributed by atoms with Crippen molar-refractivity contribution in [3.63, 3.8) is 0 Å². The number of nitrogens with one attached hydrogen (secondary N) is 1. The number of fused-ring (bicyclic) bond motifs is 1. The van der Waals surface area contributed by atoms with E-state index in [0.717, 1.165) is 29.4 Å². The summed E-state index contributed by atoms with van der Waals surface area (Å²) < 4.78 is 4.23. The van der Waals surface area contributed by atoms with Gasteiger partial charge in [-0.15, -0.1) is 0 Å². The van der Waals surface area contributed by atoms with Gasteiger partial charge in [-0.2, -0.15) is 4.98 Å². The molecule has 8 heteroatoms. The van der Waals surface area contributed by atoms with Gasteiger partial charge in [-0.1, -0.05) is 37.6 Å². The molecule has 0 atom stereocenters. The van der Waals surface area contributed by atoms with Gasteiger partial charge in [0.15, 0.2) is 11.2 Å². The molecular weight excluding hydrogens is 358 g/mol. The third kappa shape index (κ3) is 3.73. The first kappa shape index (κ1) is 19.9. The number of unbranched alkanes of at least 4 members (excludes halogenated alkanes) is 1. The van der Waals surface area contributed by atoms with Gasteiger partial charge in [0.05, 0.1) is 13.2 Å². The molecule has 0 amide bonds. The Labute approximate surface area is 163 Å². The van der Waals surface area contributed by atoms with E-state index in [2.05, 4.69) is 41.5 Å².